The largest absolute Gasteiger partial charge is 0.508 e. The molecule has 2 aromatic heterocycles. The van der Waals surface area contributed by atoms with Crippen LogP contribution >= 0.6 is 69.4 Å². The lowest BCUT2D eigenvalue weighted by Crippen LogP contribution is -2.10. The number of hydrogen-bond acceptors (Lipinski definition) is 9. The van der Waals surface area contributed by atoms with Gasteiger partial charge >= 0.3 is 11.9 Å². The fourth-order valence-electron chi connectivity index (χ4n) is 3.71. The first-order valence-electron chi connectivity index (χ1n) is 12.9. The van der Waals surface area contributed by atoms with Crippen LogP contribution in [0.4, 0.5) is 0 Å². The lowest BCUT2D eigenvalue weighted by Gasteiger charge is -2.13. The number of hydrogen-bond donors (Lipinski definition) is 2. The Morgan fingerprint density at radius 1 is 0.795 bits per heavy atom. The molecule has 0 aliphatic heterocycles. The number of rotatable bonds is 11. The number of methoxy groups -OCH3 is 1. The van der Waals surface area contributed by atoms with E-state index >= 15 is 0 Å². The fraction of sp³-hybridized carbons (Fsp3) is 0.125. The SMILES string of the molecule is COC(=O)C(Sc1ccc(O)cc1)c1ccsc1.O=C(O)C(Sc1ccc(OCc2c(Cl)cccc2Cl)cc1)c1ccsc1. The van der Waals surface area contributed by atoms with Crippen LogP contribution < -0.4 is 4.74 Å². The minimum atomic E-state index is -0.859. The number of benzene rings is 3. The summed E-state index contributed by atoms with van der Waals surface area (Å²) in [5, 5.41) is 26.4. The Balaban J connectivity index is 0.000000215. The highest BCUT2D eigenvalue weighted by molar-refractivity contribution is 8.00. The number of aliphatic carboxylic acids is 1. The number of carboxylic acids is 1. The van der Waals surface area contributed by atoms with Gasteiger partial charge in [-0.2, -0.15) is 22.7 Å². The number of aromatic hydroxyl groups is 1. The molecule has 0 saturated heterocycles. The van der Waals surface area contributed by atoms with Gasteiger partial charge in [0.25, 0.3) is 0 Å². The molecule has 6 nitrogen and oxygen atoms in total. The average Bonchev–Trinajstić information content (AvgIpc) is 3.75. The third-order valence-corrected chi connectivity index (χ3v) is 10.6. The highest BCUT2D eigenvalue weighted by Crippen LogP contribution is 2.38. The first kappa shape index (κ1) is 33.8. The third-order valence-electron chi connectivity index (χ3n) is 5.94. The maximum absolute atomic E-state index is 11.8. The fourth-order valence-corrected chi connectivity index (χ4v) is 7.75. The summed E-state index contributed by atoms with van der Waals surface area (Å²) in [6.07, 6.45) is 0. The summed E-state index contributed by atoms with van der Waals surface area (Å²) in [7, 11) is 1.39. The predicted octanol–water partition coefficient (Wildman–Crippen LogP) is 10.0. The van der Waals surface area contributed by atoms with Crippen LogP contribution in [0.2, 0.25) is 10.0 Å². The van der Waals surface area contributed by atoms with Gasteiger partial charge in [0.1, 0.15) is 28.6 Å². The second kappa shape index (κ2) is 16.8. The van der Waals surface area contributed by atoms with Crippen molar-refractivity contribution in [3.8, 4) is 11.5 Å². The van der Waals surface area contributed by atoms with E-state index in [0.29, 0.717) is 15.8 Å². The van der Waals surface area contributed by atoms with Gasteiger partial charge in [0.05, 0.1) is 7.11 Å². The number of carbonyl (C=O) groups excluding carboxylic acids is 1. The maximum Gasteiger partial charge on any atom is 0.323 e. The smallest absolute Gasteiger partial charge is 0.323 e. The van der Waals surface area contributed by atoms with E-state index in [1.54, 1.807) is 65.9 Å². The first-order valence-corrected chi connectivity index (χ1v) is 17.3. The van der Waals surface area contributed by atoms with Crippen molar-refractivity contribution in [1.82, 2.24) is 0 Å². The highest BCUT2D eigenvalue weighted by Gasteiger charge is 2.23. The molecule has 2 heterocycles. The molecule has 0 aliphatic rings. The summed E-state index contributed by atoms with van der Waals surface area (Å²) in [6, 6.07) is 23.1. The van der Waals surface area contributed by atoms with Crippen LogP contribution in [0.5, 0.6) is 11.5 Å². The van der Waals surface area contributed by atoms with E-state index in [-0.39, 0.29) is 23.6 Å². The van der Waals surface area contributed by atoms with Crippen LogP contribution in [0.3, 0.4) is 0 Å². The standard InChI is InChI=1S/C19H14Cl2O3S2.C13H12O3S2/c20-16-2-1-3-17(21)15(16)10-24-13-4-6-14(7-5-13)26-18(19(22)23)12-8-9-25-11-12;1-16-13(15)12(9-6-7-17-8-9)18-11-4-2-10(14)3-5-11/h1-9,11,18H,10H2,(H,22,23);2-8,12,14H,1H3. The molecule has 2 atom stereocenters. The number of carbonyl (C=O) groups is 2. The van der Waals surface area contributed by atoms with Gasteiger partial charge in [-0.05, 0) is 105 Å². The van der Waals surface area contributed by atoms with E-state index in [4.69, 9.17) is 32.7 Å². The van der Waals surface area contributed by atoms with Gasteiger partial charge in [0, 0.05) is 25.4 Å². The van der Waals surface area contributed by atoms with Crippen molar-refractivity contribution in [3.63, 3.8) is 0 Å². The minimum absolute atomic E-state index is 0.213. The van der Waals surface area contributed by atoms with E-state index in [1.165, 1.54) is 42.0 Å². The van der Waals surface area contributed by atoms with Gasteiger partial charge in [-0.1, -0.05) is 29.3 Å². The van der Waals surface area contributed by atoms with Crippen LogP contribution in [0.1, 0.15) is 27.2 Å². The van der Waals surface area contributed by atoms with E-state index in [0.717, 1.165) is 26.5 Å². The van der Waals surface area contributed by atoms with Gasteiger partial charge in [0.2, 0.25) is 0 Å². The van der Waals surface area contributed by atoms with Crippen molar-refractivity contribution in [2.45, 2.75) is 26.9 Å². The summed E-state index contributed by atoms with van der Waals surface area (Å²) >= 11 is 18.0. The van der Waals surface area contributed by atoms with E-state index in [2.05, 4.69) is 0 Å². The molecule has 2 unspecified atom stereocenters. The third kappa shape index (κ3) is 9.69. The molecule has 0 amide bonds. The molecular formula is C32H26Cl2O6S4. The first-order chi connectivity index (χ1) is 21.2. The zero-order valence-electron chi connectivity index (χ0n) is 23.1. The summed E-state index contributed by atoms with van der Waals surface area (Å²) < 4.78 is 10.6. The molecule has 0 bridgehead atoms. The quantitative estimate of drug-likeness (QED) is 0.104. The molecule has 12 heteroatoms. The van der Waals surface area contributed by atoms with Gasteiger partial charge in [-0.25, -0.2) is 0 Å². The Bertz CT molecular complexity index is 1610. The Labute approximate surface area is 281 Å². The molecule has 228 valence electrons. The number of phenolic OH excluding ortho intramolecular Hbond substituents is 1. The van der Waals surface area contributed by atoms with Crippen molar-refractivity contribution in [2.75, 3.05) is 7.11 Å². The lowest BCUT2D eigenvalue weighted by atomic mass is 10.2. The average molecular weight is 706 g/mol. The molecule has 5 aromatic rings. The Morgan fingerprint density at radius 2 is 1.32 bits per heavy atom. The van der Waals surface area contributed by atoms with Crippen LogP contribution in [0, 0.1) is 0 Å². The van der Waals surface area contributed by atoms with Crippen molar-refractivity contribution in [3.05, 3.63) is 127 Å². The molecule has 3 aromatic carbocycles. The Hall–Kier alpha value is -3.12. The number of phenols is 1. The van der Waals surface area contributed by atoms with Crippen molar-refractivity contribution < 1.29 is 29.3 Å². The minimum Gasteiger partial charge on any atom is -0.508 e. The lowest BCUT2D eigenvalue weighted by molar-refractivity contribution is -0.140. The summed E-state index contributed by atoms with van der Waals surface area (Å²) in [5.41, 5.74) is 2.46. The monoisotopic (exact) mass is 704 g/mol. The number of ether oxygens (including phenoxy) is 2. The topological polar surface area (TPSA) is 93.1 Å². The van der Waals surface area contributed by atoms with Crippen LogP contribution in [-0.2, 0) is 20.9 Å². The van der Waals surface area contributed by atoms with Crippen LogP contribution in [0.15, 0.2) is 110 Å². The molecule has 0 fully saturated rings. The molecule has 0 saturated carbocycles. The Kier molecular flexibility index (Phi) is 12.9. The molecule has 0 aliphatic carbocycles. The Morgan fingerprint density at radius 3 is 1.82 bits per heavy atom. The number of halogens is 2. The van der Waals surface area contributed by atoms with Crippen molar-refractivity contribution >= 4 is 81.3 Å². The zero-order chi connectivity index (χ0) is 31.5. The second-order valence-electron chi connectivity index (χ2n) is 8.92. The zero-order valence-corrected chi connectivity index (χ0v) is 27.9. The van der Waals surface area contributed by atoms with Gasteiger partial charge in [0.15, 0.2) is 0 Å². The van der Waals surface area contributed by atoms with Gasteiger partial charge in [-0.15, -0.1) is 23.5 Å². The van der Waals surface area contributed by atoms with Gasteiger partial charge in [-0.3, -0.25) is 9.59 Å². The van der Waals surface area contributed by atoms with Crippen molar-refractivity contribution in [2.24, 2.45) is 0 Å². The van der Waals surface area contributed by atoms with Crippen molar-refractivity contribution in [1.29, 1.82) is 0 Å². The summed E-state index contributed by atoms with van der Waals surface area (Å²) in [5.74, 6) is -0.259. The number of esters is 1. The molecule has 44 heavy (non-hydrogen) atoms. The number of carboxylic acid groups (broad SMARTS) is 1. The molecule has 0 spiro atoms. The number of thiophene rings is 2. The number of thioether (sulfide) groups is 2. The summed E-state index contributed by atoms with van der Waals surface area (Å²) in [6.45, 7) is 0.262. The molecule has 2 N–H and O–H groups in total. The predicted molar refractivity (Wildman–Crippen MR) is 181 cm³/mol. The normalized spacial score (nSPS) is 12.0. The molecular weight excluding hydrogens is 680 g/mol. The van der Waals surface area contributed by atoms with Gasteiger partial charge < -0.3 is 19.7 Å². The highest BCUT2D eigenvalue weighted by atomic mass is 35.5. The van der Waals surface area contributed by atoms with E-state index in [9.17, 15) is 19.8 Å². The van der Waals surface area contributed by atoms with E-state index in [1.807, 2.05) is 45.8 Å². The second-order valence-corrected chi connectivity index (χ2v) is 13.7. The van der Waals surface area contributed by atoms with Crippen LogP contribution in [-0.4, -0.2) is 29.3 Å². The maximum atomic E-state index is 11.8. The summed E-state index contributed by atoms with van der Waals surface area (Å²) in [4.78, 5) is 25.1. The molecule has 5 rings (SSSR count). The molecule has 0 radical (unpaired) electrons. The van der Waals surface area contributed by atoms with E-state index < -0.39 is 11.2 Å². The van der Waals surface area contributed by atoms with Crippen LogP contribution in [0.25, 0.3) is 0 Å².